The Morgan fingerprint density at radius 1 is 0.926 bits per heavy atom. The number of nitrogens with one attached hydrogen (secondary N) is 1. The molecule has 1 aliphatic rings. The lowest BCUT2D eigenvalue weighted by atomic mass is 9.87. The number of hydrogen-bond donors (Lipinski definition) is 1. The molecule has 144 valence electrons. The van der Waals surface area contributed by atoms with Crippen molar-refractivity contribution in [2.75, 3.05) is 31.5 Å². The van der Waals surface area contributed by atoms with Crippen molar-refractivity contribution in [2.45, 2.75) is 39.2 Å². The predicted octanol–water partition coefficient (Wildman–Crippen LogP) is 4.72. The van der Waals surface area contributed by atoms with E-state index in [0.717, 1.165) is 44.8 Å². The second-order valence-corrected chi connectivity index (χ2v) is 8.36. The van der Waals surface area contributed by atoms with Gasteiger partial charge in [-0.1, -0.05) is 63.2 Å². The highest BCUT2D eigenvalue weighted by molar-refractivity contribution is 5.89. The Labute approximate surface area is 163 Å². The summed E-state index contributed by atoms with van der Waals surface area (Å²) >= 11 is 0. The van der Waals surface area contributed by atoms with E-state index < -0.39 is 0 Å². The molecule has 4 heteroatoms. The molecule has 0 spiro atoms. The third-order valence-electron chi connectivity index (χ3n) is 5.13. The van der Waals surface area contributed by atoms with Gasteiger partial charge < -0.3 is 10.2 Å². The maximum Gasteiger partial charge on any atom is 0.321 e. The minimum absolute atomic E-state index is 0.0000646. The van der Waals surface area contributed by atoms with Gasteiger partial charge in [0.25, 0.3) is 0 Å². The van der Waals surface area contributed by atoms with E-state index in [-0.39, 0.29) is 11.4 Å². The van der Waals surface area contributed by atoms with Crippen molar-refractivity contribution in [3.05, 3.63) is 65.7 Å². The molecule has 0 bridgehead atoms. The quantitative estimate of drug-likeness (QED) is 0.854. The van der Waals surface area contributed by atoms with Crippen LogP contribution >= 0.6 is 0 Å². The Morgan fingerprint density at radius 2 is 1.63 bits per heavy atom. The van der Waals surface area contributed by atoms with E-state index in [1.165, 1.54) is 11.1 Å². The van der Waals surface area contributed by atoms with Crippen molar-refractivity contribution in [2.24, 2.45) is 0 Å². The van der Waals surface area contributed by atoms with Crippen molar-refractivity contribution in [1.29, 1.82) is 0 Å². The molecule has 1 heterocycles. The van der Waals surface area contributed by atoms with Crippen molar-refractivity contribution in [3.8, 4) is 0 Å². The van der Waals surface area contributed by atoms with Crippen molar-refractivity contribution in [1.82, 2.24) is 9.80 Å². The lowest BCUT2D eigenvalue weighted by molar-refractivity contribution is 0.211. The van der Waals surface area contributed by atoms with E-state index in [1.807, 2.05) is 23.1 Å². The molecule has 0 aliphatic carbocycles. The Bertz CT molecular complexity index is 734. The largest absolute Gasteiger partial charge is 0.323 e. The van der Waals surface area contributed by atoms with E-state index in [9.17, 15) is 4.79 Å². The monoisotopic (exact) mass is 365 g/mol. The number of anilines is 1. The first-order valence-electron chi connectivity index (χ1n) is 9.84. The number of benzene rings is 2. The lowest BCUT2D eigenvalue weighted by Gasteiger charge is -2.23. The normalized spacial score (nSPS) is 16.0. The second kappa shape index (κ2) is 8.57. The Hall–Kier alpha value is -2.33. The van der Waals surface area contributed by atoms with Crippen LogP contribution in [0.3, 0.4) is 0 Å². The molecule has 27 heavy (non-hydrogen) atoms. The fourth-order valence-electron chi connectivity index (χ4n) is 3.43. The molecular weight excluding hydrogens is 334 g/mol. The van der Waals surface area contributed by atoms with Crippen LogP contribution in [0.2, 0.25) is 0 Å². The molecule has 0 aromatic heterocycles. The standard InChI is InChI=1S/C23H31N3O/c1-23(2,3)20-10-12-21(13-11-20)24-22(27)26-15-7-14-25(16-17-26)18-19-8-5-4-6-9-19/h4-6,8-13H,7,14-18H2,1-3H3,(H,24,27). The van der Waals surface area contributed by atoms with Gasteiger partial charge in [-0.25, -0.2) is 4.79 Å². The van der Waals surface area contributed by atoms with Crippen molar-refractivity contribution in [3.63, 3.8) is 0 Å². The minimum Gasteiger partial charge on any atom is -0.323 e. The van der Waals surface area contributed by atoms with Crippen LogP contribution in [0.15, 0.2) is 54.6 Å². The molecule has 2 aromatic rings. The highest BCUT2D eigenvalue weighted by Crippen LogP contribution is 2.23. The summed E-state index contributed by atoms with van der Waals surface area (Å²) < 4.78 is 0. The number of rotatable bonds is 3. The smallest absolute Gasteiger partial charge is 0.321 e. The minimum atomic E-state index is 0.0000646. The van der Waals surface area contributed by atoms with Crippen LogP contribution in [0, 0.1) is 0 Å². The number of carbonyl (C=O) groups excluding carboxylic acids is 1. The van der Waals surface area contributed by atoms with Crippen molar-refractivity contribution < 1.29 is 4.79 Å². The van der Waals surface area contributed by atoms with E-state index >= 15 is 0 Å². The first kappa shape index (κ1) is 19.4. The van der Waals surface area contributed by atoms with E-state index in [1.54, 1.807) is 0 Å². The summed E-state index contributed by atoms with van der Waals surface area (Å²) in [5.41, 5.74) is 3.58. The van der Waals surface area contributed by atoms with Crippen LogP contribution in [-0.2, 0) is 12.0 Å². The third kappa shape index (κ3) is 5.57. The molecule has 0 atom stereocenters. The Balaban J connectivity index is 1.53. The summed E-state index contributed by atoms with van der Waals surface area (Å²) in [6, 6.07) is 18.7. The summed E-state index contributed by atoms with van der Waals surface area (Å²) in [4.78, 5) is 17.0. The van der Waals surface area contributed by atoms with Crippen LogP contribution in [0.4, 0.5) is 10.5 Å². The van der Waals surface area contributed by atoms with Crippen LogP contribution < -0.4 is 5.32 Å². The first-order valence-corrected chi connectivity index (χ1v) is 9.84. The van der Waals surface area contributed by atoms with Gasteiger partial charge in [0.2, 0.25) is 0 Å². The topological polar surface area (TPSA) is 35.6 Å². The Kier molecular flexibility index (Phi) is 6.17. The molecule has 1 aliphatic heterocycles. The fraction of sp³-hybridized carbons (Fsp3) is 0.435. The molecule has 3 rings (SSSR count). The fourth-order valence-corrected chi connectivity index (χ4v) is 3.43. The van der Waals surface area contributed by atoms with Crippen molar-refractivity contribution >= 4 is 11.7 Å². The van der Waals surface area contributed by atoms with Gasteiger partial charge in [-0.15, -0.1) is 0 Å². The van der Waals surface area contributed by atoms with Gasteiger partial charge in [-0.05, 0) is 35.1 Å². The number of urea groups is 1. The summed E-state index contributed by atoms with van der Waals surface area (Å²) in [6.07, 6.45) is 1.00. The maximum absolute atomic E-state index is 12.7. The molecule has 2 aromatic carbocycles. The third-order valence-corrected chi connectivity index (χ3v) is 5.13. The summed E-state index contributed by atoms with van der Waals surface area (Å²) in [5.74, 6) is 0. The molecule has 0 radical (unpaired) electrons. The van der Waals surface area contributed by atoms with E-state index in [2.05, 4.69) is 67.4 Å². The van der Waals surface area contributed by atoms with Crippen LogP contribution in [0.5, 0.6) is 0 Å². The van der Waals surface area contributed by atoms with Crippen LogP contribution in [-0.4, -0.2) is 42.0 Å². The van der Waals surface area contributed by atoms with Gasteiger partial charge in [0.15, 0.2) is 0 Å². The molecule has 0 unspecified atom stereocenters. The van der Waals surface area contributed by atoms with Gasteiger partial charge in [-0.3, -0.25) is 4.90 Å². The summed E-state index contributed by atoms with van der Waals surface area (Å²) in [7, 11) is 0. The molecular formula is C23H31N3O. The van der Waals surface area contributed by atoms with E-state index in [0.29, 0.717) is 0 Å². The maximum atomic E-state index is 12.7. The number of hydrogen-bond acceptors (Lipinski definition) is 2. The van der Waals surface area contributed by atoms with Gasteiger partial charge in [0.05, 0.1) is 0 Å². The van der Waals surface area contributed by atoms with Gasteiger partial charge in [-0.2, -0.15) is 0 Å². The molecule has 1 fully saturated rings. The zero-order valence-electron chi connectivity index (χ0n) is 16.7. The van der Waals surface area contributed by atoms with Crippen LogP contribution in [0.25, 0.3) is 0 Å². The van der Waals surface area contributed by atoms with Crippen LogP contribution in [0.1, 0.15) is 38.3 Å². The second-order valence-electron chi connectivity index (χ2n) is 8.36. The number of nitrogens with zero attached hydrogens (tertiary/aromatic N) is 2. The number of amides is 2. The molecule has 2 amide bonds. The SMILES string of the molecule is CC(C)(C)c1ccc(NC(=O)N2CCCN(Cc3ccccc3)CC2)cc1. The molecule has 4 nitrogen and oxygen atoms in total. The highest BCUT2D eigenvalue weighted by atomic mass is 16.2. The van der Waals surface area contributed by atoms with E-state index in [4.69, 9.17) is 0 Å². The summed E-state index contributed by atoms with van der Waals surface area (Å²) in [5, 5.41) is 3.05. The predicted molar refractivity (Wildman–Crippen MR) is 112 cm³/mol. The zero-order chi connectivity index (χ0) is 19.3. The summed E-state index contributed by atoms with van der Waals surface area (Å²) in [6.45, 7) is 11.0. The zero-order valence-corrected chi connectivity index (χ0v) is 16.7. The molecule has 0 saturated carbocycles. The average molecular weight is 366 g/mol. The Morgan fingerprint density at radius 3 is 2.30 bits per heavy atom. The number of carbonyl (C=O) groups is 1. The van der Waals surface area contributed by atoms with Gasteiger partial charge in [0, 0.05) is 38.4 Å². The first-order chi connectivity index (χ1) is 12.9. The van der Waals surface area contributed by atoms with Gasteiger partial charge in [0.1, 0.15) is 0 Å². The average Bonchev–Trinajstić information content (AvgIpc) is 2.88. The molecule has 1 N–H and O–H groups in total. The highest BCUT2D eigenvalue weighted by Gasteiger charge is 2.19. The lowest BCUT2D eigenvalue weighted by Crippen LogP contribution is -2.38. The van der Waals surface area contributed by atoms with Gasteiger partial charge >= 0.3 is 6.03 Å². The molecule has 1 saturated heterocycles.